The standard InChI is InChI=1S/C19H17ClN3O3S/c1-22(2)18-16-11-7-6-8-14(16)12-13-17(18)27(25,26)23(20)21-19(24)15-9-4-3-5-10-15/h3-13H,1-2H3. The first kappa shape index (κ1) is 19.2. The van der Waals surface area contributed by atoms with E-state index in [1.807, 2.05) is 24.3 Å². The van der Waals surface area contributed by atoms with Gasteiger partial charge in [0.2, 0.25) is 0 Å². The highest BCUT2D eigenvalue weighted by Crippen LogP contribution is 2.34. The van der Waals surface area contributed by atoms with Crippen molar-refractivity contribution in [1.29, 1.82) is 0 Å². The molecule has 0 spiro atoms. The molecule has 27 heavy (non-hydrogen) atoms. The Labute approximate surface area is 163 Å². The van der Waals surface area contributed by atoms with Gasteiger partial charge >= 0.3 is 0 Å². The van der Waals surface area contributed by atoms with E-state index in [2.05, 4.69) is 5.43 Å². The molecule has 0 unspecified atom stereocenters. The lowest BCUT2D eigenvalue weighted by Crippen LogP contribution is -2.34. The molecule has 8 heteroatoms. The van der Waals surface area contributed by atoms with E-state index in [1.54, 1.807) is 43.3 Å². The first-order valence-electron chi connectivity index (χ1n) is 8.03. The van der Waals surface area contributed by atoms with Crippen molar-refractivity contribution in [3.05, 3.63) is 72.3 Å². The molecule has 0 bridgehead atoms. The minimum absolute atomic E-state index is 0.0363. The number of nitrogens with zero attached hydrogens (tertiary/aromatic N) is 3. The summed E-state index contributed by atoms with van der Waals surface area (Å²) in [7, 11) is -0.756. The molecule has 0 aliphatic carbocycles. The van der Waals surface area contributed by atoms with Crippen LogP contribution in [0.1, 0.15) is 10.4 Å². The van der Waals surface area contributed by atoms with Crippen molar-refractivity contribution in [2.75, 3.05) is 19.0 Å². The number of rotatable bonds is 5. The lowest BCUT2D eigenvalue weighted by Gasteiger charge is -2.21. The van der Waals surface area contributed by atoms with Crippen molar-refractivity contribution in [2.24, 2.45) is 0 Å². The molecule has 0 atom stereocenters. The first-order chi connectivity index (χ1) is 12.8. The van der Waals surface area contributed by atoms with Crippen LogP contribution in [-0.2, 0) is 10.0 Å². The minimum atomic E-state index is -4.24. The van der Waals surface area contributed by atoms with Crippen molar-refractivity contribution < 1.29 is 13.2 Å². The van der Waals surface area contributed by atoms with Gasteiger partial charge in [0.1, 0.15) is 4.90 Å². The predicted octanol–water partition coefficient (Wildman–Crippen LogP) is 3.41. The maximum atomic E-state index is 13.0. The Morgan fingerprint density at radius 2 is 1.56 bits per heavy atom. The molecule has 0 aliphatic rings. The van der Waals surface area contributed by atoms with E-state index in [0.717, 1.165) is 10.8 Å². The second kappa shape index (κ2) is 7.56. The highest BCUT2D eigenvalue weighted by Gasteiger charge is 2.31. The molecule has 3 rings (SSSR count). The molecule has 139 valence electrons. The highest BCUT2D eigenvalue weighted by molar-refractivity contribution is 7.90. The van der Waals surface area contributed by atoms with E-state index in [9.17, 15) is 13.2 Å². The van der Waals surface area contributed by atoms with Gasteiger partial charge in [0, 0.05) is 40.8 Å². The molecule has 0 heterocycles. The average molecular weight is 403 g/mol. The summed E-state index contributed by atoms with van der Waals surface area (Å²) in [5.74, 6) is -0.749. The number of carbonyl (C=O) groups excluding carboxylic acids is 1. The third kappa shape index (κ3) is 3.75. The maximum absolute atomic E-state index is 13.0. The summed E-state index contributed by atoms with van der Waals surface area (Å²) in [5, 5.41) is 1.64. The van der Waals surface area contributed by atoms with Crippen molar-refractivity contribution in [2.45, 2.75) is 4.90 Å². The molecule has 0 saturated carbocycles. The third-order valence-electron chi connectivity index (χ3n) is 3.98. The molecule has 1 amide bonds. The molecule has 6 nitrogen and oxygen atoms in total. The fourth-order valence-electron chi connectivity index (χ4n) is 2.75. The number of amides is 1. The van der Waals surface area contributed by atoms with Crippen molar-refractivity contribution >= 4 is 44.2 Å². The van der Waals surface area contributed by atoms with Crippen molar-refractivity contribution in [1.82, 2.24) is 9.36 Å². The zero-order valence-corrected chi connectivity index (χ0v) is 16.3. The predicted molar refractivity (Wildman–Crippen MR) is 106 cm³/mol. The largest absolute Gasteiger partial charge is 0.376 e. The summed E-state index contributed by atoms with van der Waals surface area (Å²) >= 11 is 5.92. The second-order valence-electron chi connectivity index (χ2n) is 6.00. The zero-order valence-electron chi connectivity index (χ0n) is 14.7. The van der Waals surface area contributed by atoms with Crippen LogP contribution in [0.25, 0.3) is 10.8 Å². The molecular weight excluding hydrogens is 386 g/mol. The number of fused-ring (bicyclic) bond motifs is 1. The summed E-state index contributed by atoms with van der Waals surface area (Å²) in [5.41, 5.74) is 4.24. The fourth-order valence-corrected chi connectivity index (χ4v) is 4.16. The lowest BCUT2D eigenvalue weighted by molar-refractivity contribution is 0.0909. The van der Waals surface area contributed by atoms with Gasteiger partial charge in [-0.2, -0.15) is 0 Å². The van der Waals surface area contributed by atoms with Crippen LogP contribution in [-0.4, -0.2) is 32.4 Å². The Morgan fingerprint density at radius 3 is 2.22 bits per heavy atom. The summed E-state index contributed by atoms with van der Waals surface area (Å²) in [6.45, 7) is 0. The van der Waals surface area contributed by atoms with Gasteiger partial charge in [0.15, 0.2) is 0 Å². The quantitative estimate of drug-likeness (QED) is 0.484. The maximum Gasteiger partial charge on any atom is 0.290 e. The number of halogens is 1. The van der Waals surface area contributed by atoms with Gasteiger partial charge < -0.3 is 4.90 Å². The van der Waals surface area contributed by atoms with Crippen LogP contribution >= 0.6 is 11.8 Å². The number of hydrogen-bond donors (Lipinski definition) is 0. The summed E-state index contributed by atoms with van der Waals surface area (Å²) in [4.78, 5) is 13.9. The molecule has 0 aliphatic heterocycles. The van der Waals surface area contributed by atoms with Crippen LogP contribution in [0.2, 0.25) is 0 Å². The number of carbonyl (C=O) groups is 1. The van der Waals surface area contributed by atoms with Crippen molar-refractivity contribution in [3.63, 3.8) is 0 Å². The van der Waals surface area contributed by atoms with Gasteiger partial charge in [-0.3, -0.25) is 4.79 Å². The average Bonchev–Trinajstić information content (AvgIpc) is 2.67. The minimum Gasteiger partial charge on any atom is -0.376 e. The van der Waals surface area contributed by atoms with Crippen LogP contribution < -0.4 is 10.3 Å². The Bertz CT molecular complexity index is 1090. The van der Waals surface area contributed by atoms with E-state index >= 15 is 0 Å². The third-order valence-corrected chi connectivity index (χ3v) is 5.96. The Balaban J connectivity index is 2.01. The van der Waals surface area contributed by atoms with Crippen LogP contribution in [0.3, 0.4) is 0 Å². The summed E-state index contributed by atoms with van der Waals surface area (Å²) in [6, 6.07) is 18.7. The molecule has 3 aromatic carbocycles. The molecule has 0 fully saturated rings. The SMILES string of the molecule is CN(C)c1c(S(=O)(=O)N(Cl)[N]C(=O)c2ccccc2)ccc2ccccc12. The smallest absolute Gasteiger partial charge is 0.290 e. The van der Waals surface area contributed by atoms with E-state index in [1.165, 1.54) is 18.2 Å². The number of hydrogen-bond acceptors (Lipinski definition) is 4. The van der Waals surface area contributed by atoms with Crippen molar-refractivity contribution in [3.8, 4) is 0 Å². The molecule has 0 aromatic heterocycles. The van der Waals surface area contributed by atoms with Gasteiger partial charge in [0.05, 0.1) is 5.69 Å². The highest BCUT2D eigenvalue weighted by atomic mass is 35.5. The van der Waals surface area contributed by atoms with Crippen LogP contribution in [0, 0.1) is 0 Å². The first-order valence-corrected chi connectivity index (χ1v) is 9.81. The monoisotopic (exact) mass is 402 g/mol. The fraction of sp³-hybridized carbons (Fsp3) is 0.105. The summed E-state index contributed by atoms with van der Waals surface area (Å²) < 4.78 is 26.2. The number of anilines is 1. The van der Waals surface area contributed by atoms with E-state index < -0.39 is 15.9 Å². The van der Waals surface area contributed by atoms with Gasteiger partial charge in [-0.15, -0.1) is 5.43 Å². The van der Waals surface area contributed by atoms with Crippen LogP contribution in [0.4, 0.5) is 5.69 Å². The van der Waals surface area contributed by atoms with E-state index in [-0.39, 0.29) is 14.4 Å². The van der Waals surface area contributed by atoms with Gasteiger partial charge in [-0.05, 0) is 23.6 Å². The van der Waals surface area contributed by atoms with Crippen LogP contribution in [0.5, 0.6) is 0 Å². The van der Waals surface area contributed by atoms with Gasteiger partial charge in [-0.1, -0.05) is 48.5 Å². The van der Waals surface area contributed by atoms with E-state index in [0.29, 0.717) is 5.69 Å². The zero-order chi connectivity index (χ0) is 19.6. The topological polar surface area (TPSA) is 71.8 Å². The second-order valence-corrected chi connectivity index (χ2v) is 8.26. The van der Waals surface area contributed by atoms with Crippen LogP contribution in [0.15, 0.2) is 71.6 Å². The Kier molecular flexibility index (Phi) is 5.36. The molecule has 3 aromatic rings. The molecule has 0 saturated heterocycles. The molecule has 1 radical (unpaired) electrons. The lowest BCUT2D eigenvalue weighted by atomic mass is 10.1. The Morgan fingerprint density at radius 1 is 0.926 bits per heavy atom. The molecular formula is C19H17ClN3O3S. The number of benzene rings is 3. The molecule has 0 N–H and O–H groups in total. The van der Waals surface area contributed by atoms with Gasteiger partial charge in [-0.25, -0.2) is 8.42 Å². The normalized spacial score (nSPS) is 11.6. The Hall–Kier alpha value is -2.61. The number of sulfonamides is 1. The van der Waals surface area contributed by atoms with Gasteiger partial charge in [0.25, 0.3) is 15.9 Å². The van der Waals surface area contributed by atoms with E-state index in [4.69, 9.17) is 11.8 Å². The summed E-state index contributed by atoms with van der Waals surface area (Å²) in [6.07, 6.45) is 0.